The summed E-state index contributed by atoms with van der Waals surface area (Å²) in [7, 11) is 1.03. The van der Waals surface area contributed by atoms with Crippen LogP contribution in [0.2, 0.25) is 0 Å². The monoisotopic (exact) mass is 797 g/mol. The third-order valence-corrected chi connectivity index (χ3v) is 12.0. The van der Waals surface area contributed by atoms with E-state index in [2.05, 4.69) is 109 Å². The first-order valence-electron chi connectivity index (χ1n) is 20.0. The molecule has 10 heteroatoms. The molecule has 298 valence electrons. The molecule has 0 spiro atoms. The Kier molecular flexibility index (Phi) is 11.4. The highest BCUT2D eigenvalue weighted by Crippen LogP contribution is 2.40. The number of quaternary nitrogens is 1. The number of carbonyl (C=O) groups excluding carboxylic acids is 2. The standard InChI is InChI=1S/C48H48NO8P/c1-49(2,3)26-27-55-58(52,53)56-31-40(57-44(51)21-9-15-37-29-39-17-5-11-33-23-25-35-13-7-19-42(37)48(35)46(33)39)30-54-43(50)20-8-14-36-28-38-16-4-10-32-22-24-34-12-6-18-41(36)47(34)45(32)38/h4-7,10-13,16-19,22-25,28-29,40H,8-9,14-15,20-21,26-27,30-31H2,1-3H3. The predicted molar refractivity (Wildman–Crippen MR) is 229 cm³/mol. The minimum atomic E-state index is -4.72. The van der Waals surface area contributed by atoms with Crippen LogP contribution >= 0.6 is 7.82 Å². The second-order valence-electron chi connectivity index (χ2n) is 16.3. The Morgan fingerprint density at radius 2 is 1.07 bits per heavy atom. The molecule has 0 fully saturated rings. The molecule has 0 aliphatic heterocycles. The van der Waals surface area contributed by atoms with Gasteiger partial charge in [0.25, 0.3) is 7.82 Å². The molecule has 58 heavy (non-hydrogen) atoms. The Morgan fingerprint density at radius 1 is 0.603 bits per heavy atom. The number of likely N-dealkylation sites (N-methyl/N-ethyl adjacent to an activating group) is 1. The van der Waals surface area contributed by atoms with Gasteiger partial charge in [-0.2, -0.15) is 0 Å². The van der Waals surface area contributed by atoms with Crippen molar-refractivity contribution < 1.29 is 42.1 Å². The number of rotatable bonds is 18. The number of hydrogen-bond donors (Lipinski definition) is 0. The number of esters is 2. The zero-order valence-corrected chi connectivity index (χ0v) is 34.1. The van der Waals surface area contributed by atoms with E-state index in [1.807, 2.05) is 21.1 Å². The first-order chi connectivity index (χ1) is 27.9. The summed E-state index contributed by atoms with van der Waals surface area (Å²) in [6.07, 6.45) is 1.41. The minimum absolute atomic E-state index is 0.0715. The lowest BCUT2D eigenvalue weighted by molar-refractivity contribution is -0.870. The average molecular weight is 798 g/mol. The maximum atomic E-state index is 13.2. The van der Waals surface area contributed by atoms with E-state index in [4.69, 9.17) is 18.5 Å². The van der Waals surface area contributed by atoms with E-state index < -0.39 is 32.5 Å². The first-order valence-corrected chi connectivity index (χ1v) is 21.4. The van der Waals surface area contributed by atoms with Crippen molar-refractivity contribution in [3.8, 4) is 0 Å². The Hall–Kier alpha value is -5.15. The zero-order chi connectivity index (χ0) is 40.4. The van der Waals surface area contributed by atoms with Gasteiger partial charge in [-0.15, -0.1) is 0 Å². The lowest BCUT2D eigenvalue weighted by atomic mass is 9.90. The number of hydrogen-bond acceptors (Lipinski definition) is 8. The van der Waals surface area contributed by atoms with Crippen molar-refractivity contribution in [3.63, 3.8) is 0 Å². The van der Waals surface area contributed by atoms with Gasteiger partial charge in [-0.05, 0) is 101 Å². The van der Waals surface area contributed by atoms with Crippen LogP contribution in [0.1, 0.15) is 36.8 Å². The Balaban J connectivity index is 0.897. The molecule has 0 aliphatic rings. The summed E-state index contributed by atoms with van der Waals surface area (Å²) in [6, 6.07) is 38.2. The number of phosphoric ester groups is 1. The molecule has 2 atom stereocenters. The number of aryl methyl sites for hydroxylation is 2. The summed E-state index contributed by atoms with van der Waals surface area (Å²) < 4.78 is 34.6. The molecule has 8 aromatic carbocycles. The number of phosphoric acid groups is 1. The summed E-state index contributed by atoms with van der Waals surface area (Å²) >= 11 is 0. The molecule has 8 rings (SSSR count). The van der Waals surface area contributed by atoms with Gasteiger partial charge < -0.3 is 27.9 Å². The predicted octanol–water partition coefficient (Wildman–Crippen LogP) is 9.49. The number of nitrogens with zero attached hydrogens (tertiary/aromatic N) is 1. The maximum absolute atomic E-state index is 13.2. The zero-order valence-electron chi connectivity index (χ0n) is 33.2. The van der Waals surface area contributed by atoms with Crippen LogP contribution in [0.25, 0.3) is 64.6 Å². The molecule has 0 amide bonds. The fourth-order valence-corrected chi connectivity index (χ4v) is 8.92. The molecular weight excluding hydrogens is 750 g/mol. The molecular formula is C48H48NO8P. The van der Waals surface area contributed by atoms with Gasteiger partial charge in [-0.1, -0.05) is 109 Å². The van der Waals surface area contributed by atoms with Crippen molar-refractivity contribution in [2.75, 3.05) is 47.5 Å². The van der Waals surface area contributed by atoms with Gasteiger partial charge >= 0.3 is 11.9 Å². The van der Waals surface area contributed by atoms with E-state index in [0.29, 0.717) is 36.7 Å². The normalized spacial score (nSPS) is 13.9. The molecule has 0 heterocycles. The highest BCUT2D eigenvalue weighted by atomic mass is 31.2. The van der Waals surface area contributed by atoms with Crippen LogP contribution in [0.5, 0.6) is 0 Å². The van der Waals surface area contributed by atoms with Gasteiger partial charge in [0.2, 0.25) is 0 Å². The van der Waals surface area contributed by atoms with Gasteiger partial charge in [0.15, 0.2) is 6.10 Å². The number of ether oxygens (including phenoxy) is 2. The van der Waals surface area contributed by atoms with Crippen LogP contribution in [-0.4, -0.2) is 70.0 Å². The van der Waals surface area contributed by atoms with Crippen molar-refractivity contribution in [3.05, 3.63) is 120 Å². The van der Waals surface area contributed by atoms with Crippen LogP contribution < -0.4 is 4.89 Å². The number of benzene rings is 8. The largest absolute Gasteiger partial charge is 0.756 e. The average Bonchev–Trinajstić information content (AvgIpc) is 3.20. The lowest BCUT2D eigenvalue weighted by Crippen LogP contribution is -2.37. The fraction of sp³-hybridized carbons (Fsp3) is 0.292. The van der Waals surface area contributed by atoms with Gasteiger partial charge in [-0.25, -0.2) is 0 Å². The van der Waals surface area contributed by atoms with Crippen molar-refractivity contribution in [2.24, 2.45) is 0 Å². The van der Waals surface area contributed by atoms with E-state index in [1.165, 1.54) is 48.5 Å². The fourth-order valence-electron chi connectivity index (χ4n) is 8.19. The van der Waals surface area contributed by atoms with Crippen LogP contribution in [0, 0.1) is 0 Å². The van der Waals surface area contributed by atoms with E-state index in [0.717, 1.165) is 27.3 Å². The van der Waals surface area contributed by atoms with Crippen LogP contribution in [-0.2, 0) is 45.5 Å². The summed E-state index contributed by atoms with van der Waals surface area (Å²) in [5, 5.41) is 14.3. The Bertz CT molecular complexity index is 2790. The second kappa shape index (κ2) is 16.6. The van der Waals surface area contributed by atoms with Crippen LogP contribution in [0.3, 0.4) is 0 Å². The number of carbonyl (C=O) groups is 2. The smallest absolute Gasteiger partial charge is 0.306 e. The van der Waals surface area contributed by atoms with Crippen molar-refractivity contribution in [1.29, 1.82) is 0 Å². The van der Waals surface area contributed by atoms with Gasteiger partial charge in [0.05, 0.1) is 27.7 Å². The third kappa shape index (κ3) is 8.80. The Labute approximate surface area is 337 Å². The summed E-state index contributed by atoms with van der Waals surface area (Å²) in [5.74, 6) is -1.02. The van der Waals surface area contributed by atoms with Crippen LogP contribution in [0.15, 0.2) is 109 Å². The van der Waals surface area contributed by atoms with Gasteiger partial charge in [0, 0.05) is 12.8 Å². The quantitative estimate of drug-likeness (QED) is 0.0366. The molecule has 9 nitrogen and oxygen atoms in total. The van der Waals surface area contributed by atoms with E-state index in [-0.39, 0.29) is 26.1 Å². The van der Waals surface area contributed by atoms with E-state index in [1.54, 1.807) is 0 Å². The highest BCUT2D eigenvalue weighted by Gasteiger charge is 2.22. The molecule has 8 aromatic rings. The Morgan fingerprint density at radius 3 is 1.59 bits per heavy atom. The molecule has 0 radical (unpaired) electrons. The van der Waals surface area contributed by atoms with Crippen molar-refractivity contribution in [2.45, 2.75) is 44.6 Å². The molecule has 2 unspecified atom stereocenters. The lowest BCUT2D eigenvalue weighted by Gasteiger charge is -2.28. The molecule has 0 saturated carbocycles. The van der Waals surface area contributed by atoms with E-state index in [9.17, 15) is 19.0 Å². The van der Waals surface area contributed by atoms with Crippen molar-refractivity contribution in [1.82, 2.24) is 0 Å². The maximum Gasteiger partial charge on any atom is 0.306 e. The summed E-state index contributed by atoms with van der Waals surface area (Å²) in [4.78, 5) is 38.9. The molecule has 0 saturated heterocycles. The first kappa shape index (κ1) is 39.7. The highest BCUT2D eigenvalue weighted by molar-refractivity contribution is 7.45. The second-order valence-corrected chi connectivity index (χ2v) is 17.7. The SMILES string of the molecule is C[N+](C)(C)CCOP(=O)([O-])OCC(COC(=O)CCCc1cc2cccc3ccc4cccc1c4c32)OC(=O)CCCc1cc2cccc3ccc4cccc1c4c32. The van der Waals surface area contributed by atoms with Crippen LogP contribution in [0.4, 0.5) is 0 Å². The minimum Gasteiger partial charge on any atom is -0.756 e. The molecule has 0 aliphatic carbocycles. The molecule has 0 bridgehead atoms. The summed E-state index contributed by atoms with van der Waals surface area (Å²) in [5.41, 5.74) is 2.29. The molecule has 0 aromatic heterocycles. The third-order valence-electron chi connectivity index (χ3n) is 11.0. The molecule has 0 N–H and O–H groups in total. The van der Waals surface area contributed by atoms with Crippen molar-refractivity contribution >= 4 is 84.4 Å². The summed E-state index contributed by atoms with van der Waals surface area (Å²) in [6.45, 7) is -0.530. The topological polar surface area (TPSA) is 111 Å². The van der Waals surface area contributed by atoms with E-state index >= 15 is 0 Å². The van der Waals surface area contributed by atoms with Gasteiger partial charge in [-0.3, -0.25) is 14.2 Å². The van der Waals surface area contributed by atoms with Gasteiger partial charge in [0.1, 0.15) is 19.8 Å².